The van der Waals surface area contributed by atoms with Crippen molar-refractivity contribution in [3.63, 3.8) is 0 Å². The summed E-state index contributed by atoms with van der Waals surface area (Å²) in [5.74, 6) is -0.833. The molecule has 11 heavy (non-hydrogen) atoms. The first-order valence-electron chi connectivity index (χ1n) is 1.71. The second-order valence-corrected chi connectivity index (χ2v) is 2.06. The summed E-state index contributed by atoms with van der Waals surface area (Å²) in [6.45, 7) is 1.08. The van der Waals surface area contributed by atoms with E-state index >= 15 is 0 Å². The van der Waals surface area contributed by atoms with Gasteiger partial charge < -0.3 is 32.2 Å². The molecule has 0 aromatic heterocycles. The average Bonchev–Trinajstić information content (AvgIpc) is 1.19. The van der Waals surface area contributed by atoms with Gasteiger partial charge in [-0.25, -0.2) is 4.57 Å². The van der Waals surface area contributed by atoms with Gasteiger partial charge in [0.1, 0.15) is 0 Å². The Bertz CT molecular complexity index is 120. The molecule has 0 heterocycles. The van der Waals surface area contributed by atoms with E-state index < -0.39 is 13.8 Å². The molecule has 0 spiro atoms. The topological polar surface area (TPSA) is 115 Å². The number of carbonyl (C=O) groups is 1. The van der Waals surface area contributed by atoms with E-state index in [2.05, 4.69) is 0 Å². The molecule has 9 heteroatoms. The first-order chi connectivity index (χ1) is 3.73. The van der Waals surface area contributed by atoms with Gasteiger partial charge >= 0.3 is 37.4 Å². The molecule has 0 aliphatic heterocycles. The number of aliphatic carboxylic acids is 1. The molecule has 0 aromatic rings. The Morgan fingerprint density at radius 3 is 1.27 bits per heavy atom. The molecule has 4 N–H and O–H groups in total. The Morgan fingerprint density at radius 2 is 1.27 bits per heavy atom. The second-order valence-electron chi connectivity index (χ2n) is 1.03. The quantitative estimate of drug-likeness (QED) is 0.236. The van der Waals surface area contributed by atoms with Gasteiger partial charge in [-0.3, -0.25) is 4.79 Å². The summed E-state index contributed by atoms with van der Waals surface area (Å²) < 4.78 is 8.88. The molecule has 64 valence electrons. The molecular formula is C2H7ClNaO6P. The molecule has 0 aliphatic rings. The molecule has 0 amide bonds. The number of phosphoric acid groups is 1. The Kier molecular flexibility index (Phi) is 22.4. The van der Waals surface area contributed by atoms with Crippen LogP contribution in [0.5, 0.6) is 0 Å². The molecule has 6 nitrogen and oxygen atoms in total. The van der Waals surface area contributed by atoms with Crippen LogP contribution in [0.2, 0.25) is 0 Å². The molecule has 0 saturated carbocycles. The largest absolute Gasteiger partial charge is 1.00 e. The summed E-state index contributed by atoms with van der Waals surface area (Å²) in [5, 5.41) is 7.42. The van der Waals surface area contributed by atoms with E-state index in [1.165, 1.54) is 0 Å². The fraction of sp³-hybridized carbons (Fsp3) is 0.500. The molecule has 0 unspecified atom stereocenters. The molecule has 0 bridgehead atoms. The molecular weight excluding hydrogens is 209 g/mol. The Labute approximate surface area is 91.6 Å². The van der Waals surface area contributed by atoms with Crippen molar-refractivity contribution < 1.29 is 71.1 Å². The summed E-state index contributed by atoms with van der Waals surface area (Å²) in [4.78, 5) is 30.6. The molecule has 0 rings (SSSR count). The van der Waals surface area contributed by atoms with Crippen LogP contribution in [-0.4, -0.2) is 25.8 Å². The second kappa shape index (κ2) is 10.9. The van der Waals surface area contributed by atoms with E-state index in [1.807, 2.05) is 0 Å². The third-order valence-electron chi connectivity index (χ3n) is 0. The molecule has 0 radical (unpaired) electrons. The van der Waals surface area contributed by atoms with Crippen LogP contribution in [0.4, 0.5) is 0 Å². The molecule has 0 aliphatic carbocycles. The van der Waals surface area contributed by atoms with Crippen molar-refractivity contribution in [1.29, 1.82) is 0 Å². The summed E-state index contributed by atoms with van der Waals surface area (Å²) in [6.07, 6.45) is 0. The van der Waals surface area contributed by atoms with Crippen LogP contribution in [0.25, 0.3) is 0 Å². The zero-order chi connectivity index (χ0) is 8.08. The Morgan fingerprint density at radius 1 is 1.27 bits per heavy atom. The van der Waals surface area contributed by atoms with Crippen LogP contribution < -0.4 is 42.0 Å². The van der Waals surface area contributed by atoms with Crippen LogP contribution >= 0.6 is 7.82 Å². The van der Waals surface area contributed by atoms with Gasteiger partial charge in [-0.15, -0.1) is 0 Å². The van der Waals surface area contributed by atoms with E-state index in [-0.39, 0.29) is 42.0 Å². The Balaban J connectivity index is -0.0000000383. The van der Waals surface area contributed by atoms with Crippen molar-refractivity contribution in [2.45, 2.75) is 6.92 Å². The van der Waals surface area contributed by atoms with E-state index in [9.17, 15) is 0 Å². The van der Waals surface area contributed by atoms with Gasteiger partial charge in [0.2, 0.25) is 0 Å². The van der Waals surface area contributed by atoms with Gasteiger partial charge in [-0.1, -0.05) is 0 Å². The van der Waals surface area contributed by atoms with Gasteiger partial charge in [0, 0.05) is 6.92 Å². The minimum atomic E-state index is -4.64. The van der Waals surface area contributed by atoms with Gasteiger partial charge in [0.05, 0.1) is 0 Å². The fourth-order valence-corrected chi connectivity index (χ4v) is 0. The van der Waals surface area contributed by atoms with Crippen molar-refractivity contribution in [2.24, 2.45) is 0 Å². The summed E-state index contributed by atoms with van der Waals surface area (Å²) in [5.41, 5.74) is 0. The minimum Gasteiger partial charge on any atom is -1.00 e. The number of carboxylic acid groups (broad SMARTS) is 1. The smallest absolute Gasteiger partial charge is 1.00 e. The van der Waals surface area contributed by atoms with Gasteiger partial charge in [-0.05, 0) is 0 Å². The van der Waals surface area contributed by atoms with Crippen LogP contribution in [-0.2, 0) is 9.36 Å². The molecule has 0 saturated heterocycles. The zero-order valence-electron chi connectivity index (χ0n) is 5.93. The molecule has 0 atom stereocenters. The number of rotatable bonds is 0. The summed E-state index contributed by atoms with van der Waals surface area (Å²) in [6, 6.07) is 0. The van der Waals surface area contributed by atoms with Crippen LogP contribution in [0.3, 0.4) is 0 Å². The van der Waals surface area contributed by atoms with Crippen molar-refractivity contribution in [3.8, 4) is 0 Å². The third kappa shape index (κ3) is 1130. The van der Waals surface area contributed by atoms with Crippen LogP contribution in [0.1, 0.15) is 6.92 Å². The standard InChI is InChI=1S/C2H4O2.ClH.Na.H3O4P/c1-2(3)4;;;1-5(2,3)4/h1H3,(H,3,4);1H;;(H3,1,2,3,4)/q;;+1;/p-1. The summed E-state index contributed by atoms with van der Waals surface area (Å²) in [7, 11) is -4.64. The van der Waals surface area contributed by atoms with Crippen LogP contribution in [0.15, 0.2) is 0 Å². The van der Waals surface area contributed by atoms with Crippen LogP contribution in [0, 0.1) is 0 Å². The maximum absolute atomic E-state index is 9.00. The maximum Gasteiger partial charge on any atom is 1.00 e. The number of carboxylic acids is 1. The van der Waals surface area contributed by atoms with Gasteiger partial charge in [0.15, 0.2) is 0 Å². The molecule has 0 aromatic carbocycles. The monoisotopic (exact) mass is 216 g/mol. The van der Waals surface area contributed by atoms with Crippen molar-refractivity contribution in [2.75, 3.05) is 0 Å². The predicted molar refractivity (Wildman–Crippen MR) is 27.6 cm³/mol. The van der Waals surface area contributed by atoms with E-state index in [0.717, 1.165) is 6.92 Å². The SMILES string of the molecule is CC(=O)O.O=P(O)(O)O.[Cl-].[Na+]. The normalized spacial score (nSPS) is 7.64. The predicted octanol–water partition coefficient (Wildman–Crippen LogP) is -6.83. The van der Waals surface area contributed by atoms with Gasteiger partial charge in [-0.2, -0.15) is 0 Å². The van der Waals surface area contributed by atoms with Gasteiger partial charge in [0.25, 0.3) is 5.97 Å². The maximum atomic E-state index is 9.00. The first kappa shape index (κ1) is 22.6. The van der Waals surface area contributed by atoms with Crippen molar-refractivity contribution in [1.82, 2.24) is 0 Å². The number of halogens is 1. The molecule has 0 fully saturated rings. The first-order valence-corrected chi connectivity index (χ1v) is 3.28. The van der Waals surface area contributed by atoms with Crippen molar-refractivity contribution in [3.05, 3.63) is 0 Å². The average molecular weight is 216 g/mol. The zero-order valence-corrected chi connectivity index (χ0v) is 9.58. The number of hydrogen-bond acceptors (Lipinski definition) is 2. The van der Waals surface area contributed by atoms with E-state index in [1.54, 1.807) is 0 Å². The fourth-order valence-electron chi connectivity index (χ4n) is 0. The van der Waals surface area contributed by atoms with E-state index in [4.69, 9.17) is 29.1 Å². The van der Waals surface area contributed by atoms with Crippen molar-refractivity contribution >= 4 is 13.8 Å². The Hall–Kier alpha value is 0.870. The number of hydrogen-bond donors (Lipinski definition) is 4. The van der Waals surface area contributed by atoms with E-state index in [0.29, 0.717) is 0 Å². The third-order valence-corrected chi connectivity index (χ3v) is 0. The summed E-state index contributed by atoms with van der Waals surface area (Å²) >= 11 is 0. The minimum absolute atomic E-state index is 0.